The monoisotopic (exact) mass is 212 g/mol. The van der Waals surface area contributed by atoms with E-state index in [1.54, 1.807) is 6.92 Å². The Morgan fingerprint density at radius 3 is 2.93 bits per heavy atom. The molecule has 0 aromatic carbocycles. The minimum Gasteiger partial charge on any atom is -0.480 e. The van der Waals surface area contributed by atoms with Gasteiger partial charge in [0.2, 0.25) is 0 Å². The molecule has 4 nitrogen and oxygen atoms in total. The number of carboxylic acid groups (broad SMARTS) is 1. The summed E-state index contributed by atoms with van der Waals surface area (Å²) in [5.74, 6) is -0.827. The number of aromatic nitrogens is 2. The summed E-state index contributed by atoms with van der Waals surface area (Å²) in [6, 6.07) is 1.82. The van der Waals surface area contributed by atoms with E-state index in [0.717, 1.165) is 12.1 Å². The van der Waals surface area contributed by atoms with E-state index in [1.807, 2.05) is 13.0 Å². The number of thioether (sulfide) groups is 1. The molecule has 1 aromatic rings. The van der Waals surface area contributed by atoms with E-state index in [0.29, 0.717) is 5.03 Å². The van der Waals surface area contributed by atoms with Gasteiger partial charge in [-0.25, -0.2) is 9.97 Å². The highest BCUT2D eigenvalue weighted by atomic mass is 32.2. The van der Waals surface area contributed by atoms with Crippen molar-refractivity contribution in [2.75, 3.05) is 0 Å². The molecular formula is C9H12N2O2S. The van der Waals surface area contributed by atoms with E-state index >= 15 is 0 Å². The average Bonchev–Trinajstić information content (AvgIpc) is 2.18. The third kappa shape index (κ3) is 2.99. The number of nitrogens with zero attached hydrogens (tertiary/aromatic N) is 2. The molecule has 5 heteroatoms. The Morgan fingerprint density at radius 2 is 2.36 bits per heavy atom. The summed E-state index contributed by atoms with van der Waals surface area (Å²) < 4.78 is 0. The van der Waals surface area contributed by atoms with Gasteiger partial charge in [0.25, 0.3) is 0 Å². The number of hydrogen-bond donors (Lipinski definition) is 1. The van der Waals surface area contributed by atoms with Gasteiger partial charge < -0.3 is 5.11 Å². The van der Waals surface area contributed by atoms with Crippen LogP contribution in [0.4, 0.5) is 0 Å². The summed E-state index contributed by atoms with van der Waals surface area (Å²) >= 11 is 1.23. The summed E-state index contributed by atoms with van der Waals surface area (Å²) in [5, 5.41) is 8.94. The van der Waals surface area contributed by atoms with Crippen LogP contribution in [0.3, 0.4) is 0 Å². The Morgan fingerprint density at radius 1 is 1.64 bits per heavy atom. The Hall–Kier alpha value is -1.10. The van der Waals surface area contributed by atoms with Gasteiger partial charge in [-0.15, -0.1) is 0 Å². The van der Waals surface area contributed by atoms with Crippen LogP contribution in [-0.4, -0.2) is 26.3 Å². The lowest BCUT2D eigenvalue weighted by molar-refractivity contribution is -0.136. The summed E-state index contributed by atoms with van der Waals surface area (Å²) in [6.45, 7) is 3.64. The number of hydrogen-bond acceptors (Lipinski definition) is 4. The molecule has 14 heavy (non-hydrogen) atoms. The van der Waals surface area contributed by atoms with Crippen molar-refractivity contribution in [3.8, 4) is 0 Å². The molecule has 1 N–H and O–H groups in total. The Bertz CT molecular complexity index is 330. The maximum Gasteiger partial charge on any atom is 0.316 e. The van der Waals surface area contributed by atoms with Crippen molar-refractivity contribution in [1.82, 2.24) is 9.97 Å². The lowest BCUT2D eigenvalue weighted by Crippen LogP contribution is -2.11. The van der Waals surface area contributed by atoms with Crippen molar-refractivity contribution in [1.29, 1.82) is 0 Å². The number of aliphatic carboxylic acids is 1. The lowest BCUT2D eigenvalue weighted by atomic mass is 10.3. The summed E-state index contributed by atoms with van der Waals surface area (Å²) in [6.07, 6.45) is 2.30. The van der Waals surface area contributed by atoms with Crippen LogP contribution in [0.2, 0.25) is 0 Å². The third-order valence-electron chi connectivity index (χ3n) is 1.71. The van der Waals surface area contributed by atoms with E-state index < -0.39 is 11.2 Å². The molecule has 0 aliphatic rings. The topological polar surface area (TPSA) is 63.1 Å². The molecule has 0 spiro atoms. The van der Waals surface area contributed by atoms with Gasteiger partial charge in [-0.2, -0.15) is 0 Å². The van der Waals surface area contributed by atoms with Crippen LogP contribution in [0.1, 0.15) is 19.5 Å². The second kappa shape index (κ2) is 4.95. The highest BCUT2D eigenvalue weighted by Crippen LogP contribution is 2.21. The minimum absolute atomic E-state index is 0.477. The smallest absolute Gasteiger partial charge is 0.316 e. The number of aryl methyl sites for hydroxylation is 1. The van der Waals surface area contributed by atoms with Crippen LogP contribution in [0.25, 0.3) is 0 Å². The van der Waals surface area contributed by atoms with Crippen molar-refractivity contribution in [2.24, 2.45) is 0 Å². The van der Waals surface area contributed by atoms with E-state index in [2.05, 4.69) is 9.97 Å². The van der Waals surface area contributed by atoms with Gasteiger partial charge in [0.15, 0.2) is 0 Å². The molecule has 0 radical (unpaired) electrons. The second-order valence-electron chi connectivity index (χ2n) is 2.80. The Kier molecular flexibility index (Phi) is 3.88. The fourth-order valence-electron chi connectivity index (χ4n) is 0.866. The highest BCUT2D eigenvalue weighted by molar-refractivity contribution is 8.00. The molecule has 0 bridgehead atoms. The molecule has 0 saturated carbocycles. The summed E-state index contributed by atoms with van der Waals surface area (Å²) in [4.78, 5) is 18.6. The predicted molar refractivity (Wildman–Crippen MR) is 54.4 cm³/mol. The average molecular weight is 212 g/mol. The zero-order valence-electron chi connectivity index (χ0n) is 8.10. The second-order valence-corrected chi connectivity index (χ2v) is 4.16. The van der Waals surface area contributed by atoms with Gasteiger partial charge in [0.1, 0.15) is 16.6 Å². The molecule has 0 saturated heterocycles. The van der Waals surface area contributed by atoms with Crippen LogP contribution in [0.15, 0.2) is 17.4 Å². The molecule has 76 valence electrons. The molecule has 1 rings (SSSR count). The zero-order valence-corrected chi connectivity index (χ0v) is 8.91. The number of rotatable bonds is 4. The first-order chi connectivity index (χ1) is 6.63. The van der Waals surface area contributed by atoms with Gasteiger partial charge in [-0.1, -0.05) is 18.7 Å². The normalized spacial score (nSPS) is 12.4. The van der Waals surface area contributed by atoms with Crippen LogP contribution in [-0.2, 0) is 11.2 Å². The lowest BCUT2D eigenvalue weighted by Gasteiger charge is -2.05. The quantitative estimate of drug-likeness (QED) is 0.606. The first-order valence-corrected chi connectivity index (χ1v) is 5.21. The third-order valence-corrected chi connectivity index (χ3v) is 2.73. The predicted octanol–water partition coefficient (Wildman–Crippen LogP) is 1.60. The zero-order chi connectivity index (χ0) is 10.6. The van der Waals surface area contributed by atoms with E-state index in [9.17, 15) is 4.79 Å². The fourth-order valence-corrected chi connectivity index (χ4v) is 1.64. The Labute approximate surface area is 86.8 Å². The maximum absolute atomic E-state index is 10.6. The SMILES string of the molecule is CCc1cc(SC(C)C(=O)O)ncn1. The van der Waals surface area contributed by atoms with Crippen molar-refractivity contribution < 1.29 is 9.90 Å². The fraction of sp³-hybridized carbons (Fsp3) is 0.444. The number of carboxylic acids is 1. The van der Waals surface area contributed by atoms with Gasteiger partial charge in [0, 0.05) is 5.69 Å². The molecule has 0 aliphatic carbocycles. The minimum atomic E-state index is -0.827. The number of carbonyl (C=O) groups is 1. The molecule has 1 aromatic heterocycles. The summed E-state index contributed by atoms with van der Waals surface area (Å²) in [5.41, 5.74) is 0.931. The molecule has 1 heterocycles. The standard InChI is InChI=1S/C9H12N2O2S/c1-3-7-4-8(11-5-10-7)14-6(2)9(12)13/h4-6H,3H2,1-2H3,(H,12,13). The van der Waals surface area contributed by atoms with Crippen LogP contribution in [0, 0.1) is 0 Å². The van der Waals surface area contributed by atoms with Crippen molar-refractivity contribution in [2.45, 2.75) is 30.5 Å². The van der Waals surface area contributed by atoms with Crippen molar-refractivity contribution in [3.05, 3.63) is 18.1 Å². The van der Waals surface area contributed by atoms with Crippen LogP contribution < -0.4 is 0 Å². The van der Waals surface area contributed by atoms with E-state index in [1.165, 1.54) is 18.1 Å². The van der Waals surface area contributed by atoms with Crippen molar-refractivity contribution in [3.63, 3.8) is 0 Å². The first kappa shape index (κ1) is 11.0. The van der Waals surface area contributed by atoms with Crippen molar-refractivity contribution >= 4 is 17.7 Å². The van der Waals surface area contributed by atoms with E-state index in [-0.39, 0.29) is 0 Å². The molecule has 1 unspecified atom stereocenters. The largest absolute Gasteiger partial charge is 0.480 e. The van der Waals surface area contributed by atoms with Crippen LogP contribution >= 0.6 is 11.8 Å². The van der Waals surface area contributed by atoms with Gasteiger partial charge in [0.05, 0.1) is 0 Å². The molecule has 0 amide bonds. The van der Waals surface area contributed by atoms with Gasteiger partial charge >= 0.3 is 5.97 Å². The van der Waals surface area contributed by atoms with Gasteiger partial charge in [-0.05, 0) is 19.4 Å². The molecule has 0 aliphatic heterocycles. The molecule has 1 atom stereocenters. The van der Waals surface area contributed by atoms with E-state index in [4.69, 9.17) is 5.11 Å². The van der Waals surface area contributed by atoms with Gasteiger partial charge in [-0.3, -0.25) is 4.79 Å². The first-order valence-electron chi connectivity index (χ1n) is 4.34. The molecule has 0 fully saturated rings. The highest BCUT2D eigenvalue weighted by Gasteiger charge is 2.13. The van der Waals surface area contributed by atoms with Crippen LogP contribution in [0.5, 0.6) is 0 Å². The summed E-state index contributed by atoms with van der Waals surface area (Å²) in [7, 11) is 0. The Balaban J connectivity index is 2.71. The maximum atomic E-state index is 10.6. The molecular weight excluding hydrogens is 200 g/mol.